The molecule has 1 atom stereocenters. The number of aliphatic hydroxyl groups excluding tert-OH is 1. The van der Waals surface area contributed by atoms with Gasteiger partial charge >= 0.3 is 0 Å². The maximum atomic E-state index is 8.78. The molecule has 15 heavy (non-hydrogen) atoms. The van der Waals surface area contributed by atoms with E-state index in [0.717, 1.165) is 5.56 Å². The van der Waals surface area contributed by atoms with Crippen molar-refractivity contribution in [3.05, 3.63) is 27.7 Å². The zero-order valence-corrected chi connectivity index (χ0v) is 9.85. The molecule has 1 aromatic carbocycles. The van der Waals surface area contributed by atoms with Crippen molar-refractivity contribution < 1.29 is 9.84 Å². The molecule has 0 saturated heterocycles. The number of halogens is 2. The van der Waals surface area contributed by atoms with E-state index >= 15 is 0 Å². The fraction of sp³-hybridized carbons (Fsp3) is 0.400. The second-order valence-corrected chi connectivity index (χ2v) is 3.86. The zero-order valence-electron chi connectivity index (χ0n) is 8.34. The lowest BCUT2D eigenvalue weighted by Gasteiger charge is -2.14. The first-order valence-electron chi connectivity index (χ1n) is 4.50. The predicted molar refractivity (Wildman–Crippen MR) is 61.6 cm³/mol. The highest BCUT2D eigenvalue weighted by Gasteiger charge is 2.15. The van der Waals surface area contributed by atoms with E-state index in [4.69, 9.17) is 38.8 Å². The smallest absolute Gasteiger partial charge is 0.139 e. The van der Waals surface area contributed by atoms with Crippen LogP contribution in [0.5, 0.6) is 5.75 Å². The largest absolute Gasteiger partial charge is 0.495 e. The van der Waals surface area contributed by atoms with Gasteiger partial charge in [0.2, 0.25) is 0 Å². The van der Waals surface area contributed by atoms with Crippen LogP contribution in [0.3, 0.4) is 0 Å². The van der Waals surface area contributed by atoms with Gasteiger partial charge in [-0.1, -0.05) is 29.3 Å². The van der Waals surface area contributed by atoms with Crippen LogP contribution in [0, 0.1) is 0 Å². The molecule has 0 aliphatic heterocycles. The number of hydrogen-bond donors (Lipinski definition) is 2. The van der Waals surface area contributed by atoms with Gasteiger partial charge in [0.25, 0.3) is 0 Å². The molecular weight excluding hydrogens is 237 g/mol. The van der Waals surface area contributed by atoms with E-state index < -0.39 is 0 Å². The number of nitrogens with two attached hydrogens (primary N) is 1. The molecule has 1 unspecified atom stereocenters. The minimum atomic E-state index is -0.314. The summed E-state index contributed by atoms with van der Waals surface area (Å²) in [7, 11) is 1.52. The molecule has 1 rings (SSSR count). The summed E-state index contributed by atoms with van der Waals surface area (Å²) in [4.78, 5) is 0. The van der Waals surface area contributed by atoms with Gasteiger partial charge in [0.05, 0.1) is 12.1 Å². The summed E-state index contributed by atoms with van der Waals surface area (Å²) in [6.45, 7) is 0.0150. The maximum absolute atomic E-state index is 8.78. The first kappa shape index (κ1) is 12.6. The number of benzene rings is 1. The molecule has 0 aromatic heterocycles. The molecule has 0 amide bonds. The Morgan fingerprint density at radius 1 is 1.40 bits per heavy atom. The zero-order chi connectivity index (χ0) is 11.4. The van der Waals surface area contributed by atoms with Crippen LogP contribution in [-0.4, -0.2) is 18.8 Å². The van der Waals surface area contributed by atoms with Gasteiger partial charge in [-0.25, -0.2) is 0 Å². The monoisotopic (exact) mass is 249 g/mol. The molecule has 0 heterocycles. The number of aliphatic hydroxyl groups is 1. The van der Waals surface area contributed by atoms with E-state index in [0.29, 0.717) is 22.2 Å². The third-order valence-electron chi connectivity index (χ3n) is 2.14. The van der Waals surface area contributed by atoms with Gasteiger partial charge in [0.15, 0.2) is 0 Å². The lowest BCUT2D eigenvalue weighted by Crippen LogP contribution is -2.12. The third-order valence-corrected chi connectivity index (χ3v) is 3.02. The van der Waals surface area contributed by atoms with Gasteiger partial charge in [-0.15, -0.1) is 0 Å². The first-order valence-corrected chi connectivity index (χ1v) is 5.25. The van der Waals surface area contributed by atoms with Crippen LogP contribution < -0.4 is 10.5 Å². The van der Waals surface area contributed by atoms with Crippen molar-refractivity contribution in [1.82, 2.24) is 0 Å². The molecule has 0 bridgehead atoms. The Kier molecular flexibility index (Phi) is 4.67. The Morgan fingerprint density at radius 3 is 2.60 bits per heavy atom. The molecule has 0 saturated carbocycles. The van der Waals surface area contributed by atoms with Gasteiger partial charge in [0.1, 0.15) is 10.8 Å². The van der Waals surface area contributed by atoms with Crippen molar-refractivity contribution in [2.24, 2.45) is 5.73 Å². The number of methoxy groups -OCH3 is 1. The van der Waals surface area contributed by atoms with Gasteiger partial charge in [-0.2, -0.15) is 0 Å². The van der Waals surface area contributed by atoms with Crippen LogP contribution >= 0.6 is 23.2 Å². The SMILES string of the molecule is COc1ccc(C(N)CCO)c(Cl)c1Cl. The molecule has 0 fully saturated rings. The van der Waals surface area contributed by atoms with Crippen molar-refractivity contribution in [1.29, 1.82) is 0 Å². The standard InChI is InChI=1S/C10H13Cl2NO2/c1-15-8-3-2-6(7(13)4-5-14)9(11)10(8)12/h2-3,7,14H,4-5,13H2,1H3. The summed E-state index contributed by atoms with van der Waals surface area (Å²) in [5, 5.41) is 9.52. The summed E-state index contributed by atoms with van der Waals surface area (Å²) >= 11 is 12.0. The average Bonchev–Trinajstić information content (AvgIpc) is 2.22. The molecule has 0 aliphatic carbocycles. The number of hydrogen-bond acceptors (Lipinski definition) is 3. The average molecular weight is 250 g/mol. The van der Waals surface area contributed by atoms with E-state index in [1.54, 1.807) is 12.1 Å². The van der Waals surface area contributed by atoms with Crippen molar-refractivity contribution >= 4 is 23.2 Å². The Bertz CT molecular complexity index is 344. The highest BCUT2D eigenvalue weighted by atomic mass is 35.5. The molecule has 0 aliphatic rings. The van der Waals surface area contributed by atoms with Crippen molar-refractivity contribution in [2.75, 3.05) is 13.7 Å². The summed E-state index contributed by atoms with van der Waals surface area (Å²) in [6, 6.07) is 3.15. The lowest BCUT2D eigenvalue weighted by atomic mass is 10.0. The summed E-state index contributed by atoms with van der Waals surface area (Å²) in [5.74, 6) is 0.515. The van der Waals surface area contributed by atoms with Crippen molar-refractivity contribution in [2.45, 2.75) is 12.5 Å². The Labute approximate surface area is 98.7 Å². The first-order chi connectivity index (χ1) is 7.11. The Balaban J connectivity index is 3.06. The minimum absolute atomic E-state index is 0.0150. The van der Waals surface area contributed by atoms with Crippen LogP contribution in [0.2, 0.25) is 10.0 Å². The summed E-state index contributed by atoms with van der Waals surface area (Å²) < 4.78 is 5.01. The van der Waals surface area contributed by atoms with E-state index in [-0.39, 0.29) is 12.6 Å². The molecule has 3 nitrogen and oxygen atoms in total. The van der Waals surface area contributed by atoms with Gasteiger partial charge in [0, 0.05) is 12.6 Å². The predicted octanol–water partition coefficient (Wildman–Crippen LogP) is 2.38. The highest BCUT2D eigenvalue weighted by Crippen LogP contribution is 2.36. The van der Waals surface area contributed by atoms with Gasteiger partial charge < -0.3 is 15.6 Å². The molecule has 5 heteroatoms. The molecule has 0 spiro atoms. The summed E-state index contributed by atoms with van der Waals surface area (Å²) in [5.41, 5.74) is 6.54. The van der Waals surface area contributed by atoms with Crippen LogP contribution in [0.1, 0.15) is 18.0 Å². The van der Waals surface area contributed by atoms with Crippen molar-refractivity contribution in [3.8, 4) is 5.75 Å². The van der Waals surface area contributed by atoms with E-state index in [1.165, 1.54) is 7.11 Å². The van der Waals surface area contributed by atoms with Crippen molar-refractivity contribution in [3.63, 3.8) is 0 Å². The number of ether oxygens (including phenoxy) is 1. The molecular formula is C10H13Cl2NO2. The van der Waals surface area contributed by atoms with Gasteiger partial charge in [-0.05, 0) is 18.1 Å². The van der Waals surface area contributed by atoms with Crippen LogP contribution in [0.4, 0.5) is 0 Å². The topological polar surface area (TPSA) is 55.5 Å². The molecule has 0 radical (unpaired) electrons. The lowest BCUT2D eigenvalue weighted by molar-refractivity contribution is 0.276. The van der Waals surface area contributed by atoms with E-state index in [9.17, 15) is 0 Å². The molecule has 3 N–H and O–H groups in total. The van der Waals surface area contributed by atoms with Crippen LogP contribution in [0.25, 0.3) is 0 Å². The van der Waals surface area contributed by atoms with Crippen LogP contribution in [-0.2, 0) is 0 Å². The normalized spacial score (nSPS) is 12.6. The molecule has 84 valence electrons. The second-order valence-electron chi connectivity index (χ2n) is 3.10. The fourth-order valence-electron chi connectivity index (χ4n) is 1.29. The number of rotatable bonds is 4. The maximum Gasteiger partial charge on any atom is 0.139 e. The quantitative estimate of drug-likeness (QED) is 0.862. The minimum Gasteiger partial charge on any atom is -0.495 e. The highest BCUT2D eigenvalue weighted by molar-refractivity contribution is 6.43. The summed E-state index contributed by atoms with van der Waals surface area (Å²) in [6.07, 6.45) is 0.447. The Hall–Kier alpha value is -0.480. The van der Waals surface area contributed by atoms with E-state index in [1.807, 2.05) is 0 Å². The fourth-order valence-corrected chi connectivity index (χ4v) is 1.83. The Morgan fingerprint density at radius 2 is 2.07 bits per heavy atom. The van der Waals surface area contributed by atoms with E-state index in [2.05, 4.69) is 0 Å². The third kappa shape index (κ3) is 2.75. The van der Waals surface area contributed by atoms with Gasteiger partial charge in [-0.3, -0.25) is 0 Å². The second kappa shape index (κ2) is 5.56. The van der Waals surface area contributed by atoms with Crippen LogP contribution in [0.15, 0.2) is 12.1 Å². The molecule has 1 aromatic rings.